The molecule has 2 aromatic rings. The Kier molecular flexibility index (Phi) is 8.90. The van der Waals surface area contributed by atoms with Gasteiger partial charge in [-0.15, -0.1) is 24.0 Å². The van der Waals surface area contributed by atoms with Gasteiger partial charge >= 0.3 is 0 Å². The van der Waals surface area contributed by atoms with Crippen LogP contribution in [-0.2, 0) is 11.3 Å². The van der Waals surface area contributed by atoms with E-state index in [1.807, 2.05) is 30.3 Å². The fourth-order valence-corrected chi connectivity index (χ4v) is 2.11. The van der Waals surface area contributed by atoms with Crippen LogP contribution < -0.4 is 16.0 Å². The van der Waals surface area contributed by atoms with Crippen molar-refractivity contribution in [1.82, 2.24) is 10.6 Å². The van der Waals surface area contributed by atoms with Gasteiger partial charge in [-0.05, 0) is 36.2 Å². The lowest BCUT2D eigenvalue weighted by atomic mass is 10.1. The van der Waals surface area contributed by atoms with Crippen LogP contribution in [0.2, 0.25) is 0 Å². The monoisotopic (exact) mass is 456 g/mol. The summed E-state index contributed by atoms with van der Waals surface area (Å²) < 4.78 is 13.3. The molecular weight excluding hydrogens is 434 g/mol. The lowest BCUT2D eigenvalue weighted by molar-refractivity contribution is -0.115. The minimum atomic E-state index is -0.223. The van der Waals surface area contributed by atoms with Crippen molar-refractivity contribution >= 4 is 41.5 Å². The molecule has 0 radical (unpaired) electrons. The molecule has 0 saturated carbocycles. The van der Waals surface area contributed by atoms with E-state index in [4.69, 9.17) is 0 Å². The van der Waals surface area contributed by atoms with Crippen molar-refractivity contribution in [2.75, 3.05) is 18.9 Å². The predicted octanol–water partition coefficient (Wildman–Crippen LogP) is 3.06. The van der Waals surface area contributed by atoms with E-state index >= 15 is 0 Å². The van der Waals surface area contributed by atoms with E-state index in [0.29, 0.717) is 18.1 Å². The van der Waals surface area contributed by atoms with Crippen LogP contribution in [0.4, 0.5) is 10.1 Å². The summed E-state index contributed by atoms with van der Waals surface area (Å²) >= 11 is 0. The van der Waals surface area contributed by atoms with Crippen molar-refractivity contribution < 1.29 is 9.18 Å². The summed E-state index contributed by atoms with van der Waals surface area (Å²) in [5, 5.41) is 8.81. The number of anilines is 1. The third-order valence-electron chi connectivity index (χ3n) is 3.38. The Labute approximate surface area is 164 Å². The molecule has 0 heterocycles. The average molecular weight is 456 g/mol. The maximum atomic E-state index is 13.3. The Morgan fingerprint density at radius 2 is 1.84 bits per heavy atom. The molecule has 2 rings (SSSR count). The van der Waals surface area contributed by atoms with Gasteiger partial charge in [-0.1, -0.05) is 30.3 Å². The highest BCUT2D eigenvalue weighted by Crippen LogP contribution is 2.08. The highest BCUT2D eigenvalue weighted by Gasteiger charge is 2.05. The van der Waals surface area contributed by atoms with Crippen molar-refractivity contribution in [3.05, 3.63) is 65.5 Å². The van der Waals surface area contributed by atoms with Crippen molar-refractivity contribution in [1.29, 1.82) is 0 Å². The van der Waals surface area contributed by atoms with Crippen LogP contribution in [0.15, 0.2) is 53.5 Å². The fourth-order valence-electron chi connectivity index (χ4n) is 2.11. The molecule has 7 heteroatoms. The third kappa shape index (κ3) is 7.08. The molecule has 0 unspecified atom stereocenters. The molecule has 0 aliphatic carbocycles. The number of guanidine groups is 1. The van der Waals surface area contributed by atoms with Gasteiger partial charge < -0.3 is 16.0 Å². The van der Waals surface area contributed by atoms with Gasteiger partial charge in [-0.2, -0.15) is 0 Å². The second-order valence-corrected chi connectivity index (χ2v) is 5.28. The van der Waals surface area contributed by atoms with Crippen molar-refractivity contribution in [3.8, 4) is 0 Å². The number of carbonyl (C=O) groups excluding carboxylic acids is 1. The SMILES string of the molecule is CN=C(NCC(=O)Nc1ccccc1)NCc1ccc(F)c(C)c1.I. The molecule has 2 aromatic carbocycles. The summed E-state index contributed by atoms with van der Waals surface area (Å²) in [6.45, 7) is 2.30. The quantitative estimate of drug-likeness (QED) is 0.368. The number of hydrogen-bond donors (Lipinski definition) is 3. The molecule has 0 atom stereocenters. The van der Waals surface area contributed by atoms with Crippen LogP contribution >= 0.6 is 24.0 Å². The van der Waals surface area contributed by atoms with Gasteiger partial charge in [0.05, 0.1) is 6.54 Å². The molecular formula is C18H22FIN4O. The number of hydrogen-bond acceptors (Lipinski definition) is 2. The zero-order valence-electron chi connectivity index (χ0n) is 14.2. The molecule has 5 nitrogen and oxygen atoms in total. The molecule has 0 aliphatic heterocycles. The molecule has 0 saturated heterocycles. The normalized spacial score (nSPS) is 10.6. The Hall–Kier alpha value is -2.16. The minimum absolute atomic E-state index is 0. The standard InChI is InChI=1S/C18H21FN4O.HI/c1-13-10-14(8-9-16(13)19)11-21-18(20-2)22-12-17(24)23-15-6-4-3-5-7-15;/h3-10H,11-12H2,1-2H3,(H,23,24)(H2,20,21,22);1H. The van der Waals surface area contributed by atoms with Crippen LogP contribution in [0, 0.1) is 12.7 Å². The second kappa shape index (κ2) is 10.7. The molecule has 0 spiro atoms. The number of benzene rings is 2. The molecule has 0 aliphatic rings. The molecule has 0 fully saturated rings. The zero-order valence-corrected chi connectivity index (χ0v) is 16.5. The van der Waals surface area contributed by atoms with Crippen molar-refractivity contribution in [3.63, 3.8) is 0 Å². The van der Waals surface area contributed by atoms with E-state index in [2.05, 4.69) is 20.9 Å². The lowest BCUT2D eigenvalue weighted by Gasteiger charge is -2.12. The number of aryl methyl sites for hydroxylation is 1. The summed E-state index contributed by atoms with van der Waals surface area (Å²) in [7, 11) is 1.63. The van der Waals surface area contributed by atoms with E-state index in [1.54, 1.807) is 26.1 Å². The Morgan fingerprint density at radius 3 is 2.48 bits per heavy atom. The third-order valence-corrected chi connectivity index (χ3v) is 3.38. The number of nitrogens with zero attached hydrogens (tertiary/aromatic N) is 1. The highest BCUT2D eigenvalue weighted by molar-refractivity contribution is 14.0. The van der Waals surface area contributed by atoms with Gasteiger partial charge in [0, 0.05) is 19.3 Å². The molecule has 1 amide bonds. The summed E-state index contributed by atoms with van der Waals surface area (Å²) in [6.07, 6.45) is 0. The van der Waals surface area contributed by atoms with E-state index in [9.17, 15) is 9.18 Å². The first-order valence-corrected chi connectivity index (χ1v) is 7.63. The van der Waals surface area contributed by atoms with Gasteiger partial charge in [0.15, 0.2) is 5.96 Å². The van der Waals surface area contributed by atoms with Gasteiger partial charge in [0.1, 0.15) is 5.82 Å². The first-order chi connectivity index (χ1) is 11.6. The van der Waals surface area contributed by atoms with Crippen LogP contribution in [0.3, 0.4) is 0 Å². The summed E-state index contributed by atoms with van der Waals surface area (Å²) in [5.74, 6) is 0.112. The second-order valence-electron chi connectivity index (χ2n) is 5.28. The van der Waals surface area contributed by atoms with Crippen LogP contribution in [0.1, 0.15) is 11.1 Å². The first kappa shape index (κ1) is 20.9. The van der Waals surface area contributed by atoms with Gasteiger partial charge in [0.25, 0.3) is 0 Å². The Morgan fingerprint density at radius 1 is 1.12 bits per heavy atom. The predicted molar refractivity (Wildman–Crippen MR) is 110 cm³/mol. The molecule has 134 valence electrons. The maximum absolute atomic E-state index is 13.3. The summed E-state index contributed by atoms with van der Waals surface area (Å²) in [4.78, 5) is 16.0. The number of nitrogens with one attached hydrogen (secondary N) is 3. The van der Waals surface area contributed by atoms with Crippen LogP contribution in [-0.4, -0.2) is 25.5 Å². The fraction of sp³-hybridized carbons (Fsp3) is 0.222. The van der Waals surface area contributed by atoms with Crippen LogP contribution in [0.5, 0.6) is 0 Å². The largest absolute Gasteiger partial charge is 0.352 e. The smallest absolute Gasteiger partial charge is 0.243 e. The molecule has 0 bridgehead atoms. The van der Waals surface area contributed by atoms with Gasteiger partial charge in [-0.3, -0.25) is 9.79 Å². The van der Waals surface area contributed by atoms with E-state index in [-0.39, 0.29) is 42.2 Å². The zero-order chi connectivity index (χ0) is 17.4. The lowest BCUT2D eigenvalue weighted by Crippen LogP contribution is -2.41. The minimum Gasteiger partial charge on any atom is -0.352 e. The topological polar surface area (TPSA) is 65.5 Å². The number of amides is 1. The molecule has 3 N–H and O–H groups in total. The van der Waals surface area contributed by atoms with E-state index < -0.39 is 0 Å². The highest BCUT2D eigenvalue weighted by atomic mass is 127. The van der Waals surface area contributed by atoms with Crippen LogP contribution in [0.25, 0.3) is 0 Å². The van der Waals surface area contributed by atoms with Crippen molar-refractivity contribution in [2.45, 2.75) is 13.5 Å². The van der Waals surface area contributed by atoms with Gasteiger partial charge in [0.2, 0.25) is 5.91 Å². The van der Waals surface area contributed by atoms with Crippen molar-refractivity contribution in [2.24, 2.45) is 4.99 Å². The number of aliphatic imine (C=N–C) groups is 1. The Bertz CT molecular complexity index is 722. The summed E-state index contributed by atoms with van der Waals surface area (Å²) in [5.41, 5.74) is 2.28. The maximum Gasteiger partial charge on any atom is 0.243 e. The number of rotatable bonds is 5. The molecule has 25 heavy (non-hydrogen) atoms. The number of halogens is 2. The van der Waals surface area contributed by atoms with E-state index in [1.165, 1.54) is 6.07 Å². The average Bonchev–Trinajstić information content (AvgIpc) is 2.59. The number of para-hydroxylation sites is 1. The first-order valence-electron chi connectivity index (χ1n) is 7.63. The molecule has 0 aromatic heterocycles. The van der Waals surface area contributed by atoms with E-state index in [0.717, 1.165) is 11.3 Å². The Balaban J connectivity index is 0.00000312. The summed E-state index contributed by atoms with van der Waals surface area (Å²) in [6, 6.07) is 14.2. The number of carbonyl (C=O) groups is 1. The van der Waals surface area contributed by atoms with Gasteiger partial charge in [-0.25, -0.2) is 4.39 Å².